The van der Waals surface area contributed by atoms with Gasteiger partial charge in [0.2, 0.25) is 0 Å². The van der Waals surface area contributed by atoms with Crippen molar-refractivity contribution >= 4 is 29.9 Å². The third-order valence-electron chi connectivity index (χ3n) is 7.62. The lowest BCUT2D eigenvalue weighted by molar-refractivity contribution is -0.176. The van der Waals surface area contributed by atoms with Crippen LogP contribution in [0.3, 0.4) is 0 Å². The second kappa shape index (κ2) is 9.61. The quantitative estimate of drug-likeness (QED) is 0.349. The molecule has 2 saturated carbocycles. The van der Waals surface area contributed by atoms with Crippen molar-refractivity contribution in [3.05, 3.63) is 0 Å². The highest BCUT2D eigenvalue weighted by Gasteiger charge is 2.58. The summed E-state index contributed by atoms with van der Waals surface area (Å²) in [6, 6.07) is 1.81. The van der Waals surface area contributed by atoms with Crippen LogP contribution in [-0.4, -0.2) is 61.3 Å². The van der Waals surface area contributed by atoms with Gasteiger partial charge in [-0.3, -0.25) is 4.99 Å². The van der Waals surface area contributed by atoms with E-state index in [1.807, 2.05) is 7.11 Å². The van der Waals surface area contributed by atoms with Crippen LogP contribution in [0, 0.1) is 5.41 Å². The molecular weight excluding hydrogens is 451 g/mol. The third-order valence-corrected chi connectivity index (χ3v) is 7.62. The van der Waals surface area contributed by atoms with E-state index in [0.29, 0.717) is 12.1 Å². The lowest BCUT2D eigenvalue weighted by Gasteiger charge is -2.59. The number of rotatable bonds is 5. The maximum absolute atomic E-state index is 5.77. The zero-order valence-electron chi connectivity index (χ0n) is 18.0. The van der Waals surface area contributed by atoms with Gasteiger partial charge in [-0.05, 0) is 46.0 Å². The molecule has 1 saturated heterocycles. The van der Waals surface area contributed by atoms with Crippen molar-refractivity contribution in [3.63, 3.8) is 0 Å². The van der Waals surface area contributed by atoms with Crippen molar-refractivity contribution in [1.82, 2.24) is 15.5 Å². The van der Waals surface area contributed by atoms with E-state index in [2.05, 4.69) is 43.2 Å². The Kier molecular flexibility index (Phi) is 8.26. The average Bonchev–Trinajstić information content (AvgIpc) is 3.16. The number of nitrogens with zero attached hydrogens (tertiary/aromatic N) is 2. The summed E-state index contributed by atoms with van der Waals surface area (Å²) in [5.41, 5.74) is 0.0540. The summed E-state index contributed by atoms with van der Waals surface area (Å²) in [7, 11) is 1.83. The SMILES string of the molecule is CCN=C(NC1CCN(C2CCCC2)CC1)NC1CC(C)(OC)C1(C)C.I. The number of guanidine groups is 1. The standard InChI is InChI=1S/C21H40N4O.HI/c1-6-22-19(24-18-15-21(4,26-5)20(18,2)3)23-16-11-13-25(14-12-16)17-9-7-8-10-17;/h16-18H,6-15H2,1-5H3,(H2,22,23,24);1H. The number of likely N-dealkylation sites (tertiary alicyclic amines) is 1. The van der Waals surface area contributed by atoms with Gasteiger partial charge in [-0.1, -0.05) is 26.7 Å². The molecule has 5 nitrogen and oxygen atoms in total. The Labute approximate surface area is 183 Å². The summed E-state index contributed by atoms with van der Waals surface area (Å²) in [4.78, 5) is 7.45. The van der Waals surface area contributed by atoms with Crippen LogP contribution in [0.4, 0.5) is 0 Å². The summed E-state index contributed by atoms with van der Waals surface area (Å²) in [6.07, 6.45) is 9.17. The van der Waals surface area contributed by atoms with Crippen molar-refractivity contribution < 1.29 is 4.74 Å². The van der Waals surface area contributed by atoms with E-state index in [4.69, 9.17) is 9.73 Å². The normalized spacial score (nSPS) is 32.6. The molecule has 6 heteroatoms. The molecule has 27 heavy (non-hydrogen) atoms. The molecule has 2 atom stereocenters. The maximum atomic E-state index is 5.77. The minimum atomic E-state index is -0.0470. The van der Waals surface area contributed by atoms with Gasteiger partial charge in [0.25, 0.3) is 0 Å². The highest BCUT2D eigenvalue weighted by atomic mass is 127. The van der Waals surface area contributed by atoms with Crippen LogP contribution in [-0.2, 0) is 4.74 Å². The van der Waals surface area contributed by atoms with E-state index < -0.39 is 0 Å². The van der Waals surface area contributed by atoms with Gasteiger partial charge >= 0.3 is 0 Å². The second-order valence-electron chi connectivity index (χ2n) is 9.27. The van der Waals surface area contributed by atoms with Gasteiger partial charge in [0.15, 0.2) is 5.96 Å². The third kappa shape index (κ3) is 4.92. The fourth-order valence-corrected chi connectivity index (χ4v) is 5.05. The summed E-state index contributed by atoms with van der Waals surface area (Å²) in [5, 5.41) is 7.41. The topological polar surface area (TPSA) is 48.9 Å². The van der Waals surface area contributed by atoms with Gasteiger partial charge in [-0.2, -0.15) is 0 Å². The smallest absolute Gasteiger partial charge is 0.191 e. The molecule has 0 radical (unpaired) electrons. The number of methoxy groups -OCH3 is 1. The lowest BCUT2D eigenvalue weighted by atomic mass is 9.56. The Morgan fingerprint density at radius 1 is 1.07 bits per heavy atom. The summed E-state index contributed by atoms with van der Waals surface area (Å²) in [6.45, 7) is 12.2. The monoisotopic (exact) mass is 492 g/mol. The summed E-state index contributed by atoms with van der Waals surface area (Å²) >= 11 is 0. The summed E-state index contributed by atoms with van der Waals surface area (Å²) < 4.78 is 5.77. The Morgan fingerprint density at radius 2 is 1.70 bits per heavy atom. The molecule has 3 rings (SSSR count). The molecule has 0 amide bonds. The fraction of sp³-hybridized carbons (Fsp3) is 0.952. The highest BCUT2D eigenvalue weighted by molar-refractivity contribution is 14.0. The molecule has 2 unspecified atom stereocenters. The molecule has 0 spiro atoms. The first-order chi connectivity index (χ1) is 12.4. The van der Waals surface area contributed by atoms with Crippen molar-refractivity contribution in [2.75, 3.05) is 26.7 Å². The van der Waals surface area contributed by atoms with Crippen LogP contribution in [0.15, 0.2) is 4.99 Å². The van der Waals surface area contributed by atoms with Crippen molar-refractivity contribution in [2.24, 2.45) is 10.4 Å². The highest BCUT2D eigenvalue weighted by Crippen LogP contribution is 2.51. The maximum Gasteiger partial charge on any atom is 0.191 e. The minimum Gasteiger partial charge on any atom is -0.378 e. The molecule has 0 aromatic carbocycles. The Bertz CT molecular complexity index is 498. The molecule has 2 N–H and O–H groups in total. The van der Waals surface area contributed by atoms with Crippen molar-refractivity contribution in [3.8, 4) is 0 Å². The van der Waals surface area contributed by atoms with Crippen LogP contribution in [0.25, 0.3) is 0 Å². The summed E-state index contributed by atoms with van der Waals surface area (Å²) in [5.74, 6) is 0.989. The molecule has 158 valence electrons. The zero-order valence-corrected chi connectivity index (χ0v) is 20.3. The number of halogens is 1. The van der Waals surface area contributed by atoms with Crippen LogP contribution < -0.4 is 10.6 Å². The molecule has 0 aromatic rings. The molecule has 3 aliphatic rings. The van der Waals surface area contributed by atoms with E-state index in [9.17, 15) is 0 Å². The number of ether oxygens (including phenoxy) is 1. The fourth-order valence-electron chi connectivity index (χ4n) is 5.05. The molecule has 0 aromatic heterocycles. The molecule has 1 aliphatic heterocycles. The molecule has 0 bridgehead atoms. The van der Waals surface area contributed by atoms with Crippen LogP contribution in [0.1, 0.15) is 72.6 Å². The Balaban J connectivity index is 0.00000261. The Morgan fingerprint density at radius 3 is 2.22 bits per heavy atom. The first-order valence-corrected chi connectivity index (χ1v) is 10.8. The zero-order chi connectivity index (χ0) is 18.8. The van der Waals surface area contributed by atoms with E-state index >= 15 is 0 Å². The van der Waals surface area contributed by atoms with Gasteiger partial charge in [-0.25, -0.2) is 0 Å². The van der Waals surface area contributed by atoms with E-state index in [-0.39, 0.29) is 35.0 Å². The number of hydrogen-bond acceptors (Lipinski definition) is 3. The number of aliphatic imine (C=N–C) groups is 1. The van der Waals surface area contributed by atoms with E-state index in [1.165, 1.54) is 51.6 Å². The largest absolute Gasteiger partial charge is 0.378 e. The first-order valence-electron chi connectivity index (χ1n) is 10.8. The van der Waals surface area contributed by atoms with Crippen LogP contribution >= 0.6 is 24.0 Å². The van der Waals surface area contributed by atoms with Gasteiger partial charge in [0.1, 0.15) is 0 Å². The average molecular weight is 492 g/mol. The Hall–Kier alpha value is -0.0800. The predicted octanol–water partition coefficient (Wildman–Crippen LogP) is 3.77. The van der Waals surface area contributed by atoms with Crippen molar-refractivity contribution in [1.29, 1.82) is 0 Å². The van der Waals surface area contributed by atoms with E-state index in [0.717, 1.165) is 25.0 Å². The second-order valence-corrected chi connectivity index (χ2v) is 9.27. The van der Waals surface area contributed by atoms with Crippen LogP contribution in [0.5, 0.6) is 0 Å². The molecule has 2 aliphatic carbocycles. The number of nitrogens with one attached hydrogen (secondary N) is 2. The van der Waals surface area contributed by atoms with Gasteiger partial charge in [0.05, 0.1) is 5.60 Å². The number of hydrogen-bond donors (Lipinski definition) is 2. The first kappa shape index (κ1) is 23.2. The minimum absolute atomic E-state index is 0. The lowest BCUT2D eigenvalue weighted by Crippen LogP contribution is -2.70. The van der Waals surface area contributed by atoms with Crippen molar-refractivity contribution in [2.45, 2.75) is 96.4 Å². The number of piperidine rings is 1. The van der Waals surface area contributed by atoms with Crippen LogP contribution in [0.2, 0.25) is 0 Å². The predicted molar refractivity (Wildman–Crippen MR) is 124 cm³/mol. The van der Waals surface area contributed by atoms with Gasteiger partial charge in [-0.15, -0.1) is 24.0 Å². The van der Waals surface area contributed by atoms with E-state index in [1.54, 1.807) is 0 Å². The molecule has 3 fully saturated rings. The molecular formula is C21H41IN4O. The molecule has 1 heterocycles. The van der Waals surface area contributed by atoms with Gasteiger partial charge < -0.3 is 20.3 Å². The van der Waals surface area contributed by atoms with Gasteiger partial charge in [0, 0.05) is 50.3 Å².